The first-order chi connectivity index (χ1) is 6.13. The third-order valence-corrected chi connectivity index (χ3v) is 2.05. The molecule has 72 valence electrons. The second kappa shape index (κ2) is 4.24. The van der Waals surface area contributed by atoms with Gasteiger partial charge in [0.25, 0.3) is 0 Å². The average molecular weight is 181 g/mol. The fourth-order valence-electron chi connectivity index (χ4n) is 1.03. The smallest absolute Gasteiger partial charge is 0.224 e. The van der Waals surface area contributed by atoms with Crippen molar-refractivity contribution >= 4 is 5.91 Å². The zero-order valence-corrected chi connectivity index (χ0v) is 8.08. The highest BCUT2D eigenvalue weighted by atomic mass is 16.2. The zero-order valence-electron chi connectivity index (χ0n) is 8.08. The van der Waals surface area contributed by atoms with Crippen LogP contribution < -0.4 is 5.32 Å². The van der Waals surface area contributed by atoms with Crippen LogP contribution in [0.5, 0.6) is 0 Å². The molecular formula is C9H15N3O. The SMILES string of the molecule is CN(C)C(=O)CC(C#N)NC1CC1. The molecule has 1 N–H and O–H groups in total. The summed E-state index contributed by atoms with van der Waals surface area (Å²) in [6.45, 7) is 0. The fourth-order valence-corrected chi connectivity index (χ4v) is 1.03. The third-order valence-electron chi connectivity index (χ3n) is 2.05. The van der Waals surface area contributed by atoms with Crippen molar-refractivity contribution < 1.29 is 4.79 Å². The van der Waals surface area contributed by atoms with Gasteiger partial charge in [-0.3, -0.25) is 10.1 Å². The number of carbonyl (C=O) groups is 1. The van der Waals surface area contributed by atoms with E-state index in [1.54, 1.807) is 14.1 Å². The molecule has 0 spiro atoms. The summed E-state index contributed by atoms with van der Waals surface area (Å²) in [5.41, 5.74) is 0. The molecule has 4 nitrogen and oxygen atoms in total. The van der Waals surface area contributed by atoms with E-state index < -0.39 is 0 Å². The Balaban J connectivity index is 2.30. The summed E-state index contributed by atoms with van der Waals surface area (Å²) in [6.07, 6.45) is 2.54. The zero-order chi connectivity index (χ0) is 9.84. The Morgan fingerprint density at radius 2 is 2.31 bits per heavy atom. The summed E-state index contributed by atoms with van der Waals surface area (Å²) < 4.78 is 0. The fraction of sp³-hybridized carbons (Fsp3) is 0.778. The number of hydrogen-bond donors (Lipinski definition) is 1. The van der Waals surface area contributed by atoms with Crippen molar-refractivity contribution in [3.63, 3.8) is 0 Å². The van der Waals surface area contributed by atoms with E-state index in [1.165, 1.54) is 4.90 Å². The Morgan fingerprint density at radius 1 is 1.69 bits per heavy atom. The Kier molecular flexibility index (Phi) is 3.26. The van der Waals surface area contributed by atoms with Crippen LogP contribution in [0.15, 0.2) is 0 Å². The summed E-state index contributed by atoms with van der Waals surface area (Å²) in [5, 5.41) is 11.9. The molecule has 0 aromatic carbocycles. The Bertz CT molecular complexity index is 228. The van der Waals surface area contributed by atoms with Crippen LogP contribution in [-0.4, -0.2) is 37.0 Å². The van der Waals surface area contributed by atoms with E-state index >= 15 is 0 Å². The van der Waals surface area contributed by atoms with Crippen LogP contribution in [0.1, 0.15) is 19.3 Å². The largest absolute Gasteiger partial charge is 0.349 e. The first kappa shape index (κ1) is 10.0. The molecule has 1 aliphatic carbocycles. The number of carbonyl (C=O) groups excluding carboxylic acids is 1. The van der Waals surface area contributed by atoms with Gasteiger partial charge in [0.05, 0.1) is 12.5 Å². The van der Waals surface area contributed by atoms with Crippen molar-refractivity contribution in [3.8, 4) is 6.07 Å². The lowest BCUT2D eigenvalue weighted by Gasteiger charge is -2.14. The van der Waals surface area contributed by atoms with Crippen LogP contribution in [0.25, 0.3) is 0 Å². The summed E-state index contributed by atoms with van der Waals surface area (Å²) in [5.74, 6) is -0.000278. The van der Waals surface area contributed by atoms with Gasteiger partial charge >= 0.3 is 0 Å². The predicted molar refractivity (Wildman–Crippen MR) is 48.9 cm³/mol. The van der Waals surface area contributed by atoms with E-state index in [9.17, 15) is 4.79 Å². The highest BCUT2D eigenvalue weighted by Crippen LogP contribution is 2.19. The Hall–Kier alpha value is -1.08. The molecule has 0 saturated heterocycles. The molecule has 4 heteroatoms. The number of amides is 1. The molecule has 1 saturated carbocycles. The normalized spacial score (nSPS) is 17.6. The van der Waals surface area contributed by atoms with Gasteiger partial charge in [0.2, 0.25) is 5.91 Å². The lowest BCUT2D eigenvalue weighted by atomic mass is 10.2. The lowest BCUT2D eigenvalue weighted by Crippen LogP contribution is -2.35. The molecule has 1 rings (SSSR count). The molecule has 1 atom stereocenters. The van der Waals surface area contributed by atoms with Crippen molar-refractivity contribution in [2.45, 2.75) is 31.3 Å². The molecule has 1 amide bonds. The second-order valence-electron chi connectivity index (χ2n) is 3.61. The van der Waals surface area contributed by atoms with Crippen LogP contribution in [0, 0.1) is 11.3 Å². The van der Waals surface area contributed by atoms with E-state index in [0.29, 0.717) is 6.04 Å². The van der Waals surface area contributed by atoms with Gasteiger partial charge in [-0.1, -0.05) is 0 Å². The van der Waals surface area contributed by atoms with Gasteiger partial charge in [-0.15, -0.1) is 0 Å². The highest BCUT2D eigenvalue weighted by molar-refractivity contribution is 5.76. The summed E-state index contributed by atoms with van der Waals surface area (Å²) >= 11 is 0. The first-order valence-electron chi connectivity index (χ1n) is 4.49. The molecule has 0 heterocycles. The van der Waals surface area contributed by atoms with Gasteiger partial charge in [-0.05, 0) is 12.8 Å². The molecule has 0 aliphatic heterocycles. The maximum Gasteiger partial charge on any atom is 0.224 e. The van der Waals surface area contributed by atoms with E-state index in [-0.39, 0.29) is 18.4 Å². The van der Waals surface area contributed by atoms with Crippen molar-refractivity contribution in [1.29, 1.82) is 5.26 Å². The van der Waals surface area contributed by atoms with E-state index in [2.05, 4.69) is 11.4 Å². The van der Waals surface area contributed by atoms with E-state index in [4.69, 9.17) is 5.26 Å². The van der Waals surface area contributed by atoms with E-state index in [1.807, 2.05) is 0 Å². The minimum absolute atomic E-state index is 0.000278. The monoisotopic (exact) mass is 181 g/mol. The van der Waals surface area contributed by atoms with Gasteiger partial charge in [-0.25, -0.2) is 0 Å². The van der Waals surface area contributed by atoms with Gasteiger partial charge in [0.15, 0.2) is 0 Å². The quantitative estimate of drug-likeness (QED) is 0.669. The minimum Gasteiger partial charge on any atom is -0.349 e. The number of nitrogens with one attached hydrogen (secondary N) is 1. The topological polar surface area (TPSA) is 56.1 Å². The molecular weight excluding hydrogens is 166 g/mol. The molecule has 0 aromatic rings. The second-order valence-corrected chi connectivity index (χ2v) is 3.61. The predicted octanol–water partition coefficient (Wildman–Crippen LogP) is 0.109. The molecule has 1 aliphatic rings. The van der Waals surface area contributed by atoms with Crippen LogP contribution in [0.2, 0.25) is 0 Å². The molecule has 0 aromatic heterocycles. The maximum absolute atomic E-state index is 11.2. The third kappa shape index (κ3) is 3.43. The van der Waals surface area contributed by atoms with Crippen molar-refractivity contribution in [2.75, 3.05) is 14.1 Å². The summed E-state index contributed by atoms with van der Waals surface area (Å²) in [6, 6.07) is 2.26. The highest BCUT2D eigenvalue weighted by Gasteiger charge is 2.25. The number of hydrogen-bond acceptors (Lipinski definition) is 3. The van der Waals surface area contributed by atoms with Crippen molar-refractivity contribution in [2.24, 2.45) is 0 Å². The molecule has 1 fully saturated rings. The van der Waals surface area contributed by atoms with Gasteiger partial charge in [-0.2, -0.15) is 5.26 Å². The number of rotatable bonds is 4. The number of nitriles is 1. The molecule has 0 radical (unpaired) electrons. The average Bonchev–Trinajstić information content (AvgIpc) is 2.86. The maximum atomic E-state index is 11.2. The minimum atomic E-state index is -0.317. The van der Waals surface area contributed by atoms with Crippen LogP contribution in [0.3, 0.4) is 0 Å². The van der Waals surface area contributed by atoms with Crippen molar-refractivity contribution in [1.82, 2.24) is 10.2 Å². The van der Waals surface area contributed by atoms with Gasteiger partial charge in [0, 0.05) is 20.1 Å². The number of nitrogens with zero attached hydrogens (tertiary/aromatic N) is 2. The van der Waals surface area contributed by atoms with Gasteiger partial charge in [0.1, 0.15) is 6.04 Å². The Labute approximate surface area is 78.5 Å². The van der Waals surface area contributed by atoms with Gasteiger partial charge < -0.3 is 4.90 Å². The first-order valence-corrected chi connectivity index (χ1v) is 4.49. The van der Waals surface area contributed by atoms with Crippen molar-refractivity contribution in [3.05, 3.63) is 0 Å². The van der Waals surface area contributed by atoms with Crippen LogP contribution in [0.4, 0.5) is 0 Å². The lowest BCUT2D eigenvalue weighted by molar-refractivity contribution is -0.128. The van der Waals surface area contributed by atoms with E-state index in [0.717, 1.165) is 12.8 Å². The standard InChI is InChI=1S/C9H15N3O/c1-12(2)9(13)5-8(6-10)11-7-3-4-7/h7-8,11H,3-5H2,1-2H3. The summed E-state index contributed by atoms with van der Waals surface area (Å²) in [4.78, 5) is 12.8. The van der Waals surface area contributed by atoms with Crippen LogP contribution >= 0.6 is 0 Å². The summed E-state index contributed by atoms with van der Waals surface area (Å²) in [7, 11) is 3.40. The molecule has 1 unspecified atom stereocenters. The van der Waals surface area contributed by atoms with Crippen LogP contribution in [-0.2, 0) is 4.79 Å². The molecule has 13 heavy (non-hydrogen) atoms. The molecule has 0 bridgehead atoms. The Morgan fingerprint density at radius 3 is 2.69 bits per heavy atom.